The second-order valence-corrected chi connectivity index (χ2v) is 4.82. The van der Waals surface area contributed by atoms with E-state index in [9.17, 15) is 0 Å². The molecule has 18 heavy (non-hydrogen) atoms. The molecule has 0 heterocycles. The second kappa shape index (κ2) is 8.95. The molecule has 0 aromatic heterocycles. The Morgan fingerprint density at radius 2 is 1.83 bits per heavy atom. The van der Waals surface area contributed by atoms with E-state index < -0.39 is 0 Å². The van der Waals surface area contributed by atoms with Crippen LogP contribution in [0, 0.1) is 5.92 Å². The van der Waals surface area contributed by atoms with Gasteiger partial charge in [-0.05, 0) is 36.6 Å². The zero-order valence-corrected chi connectivity index (χ0v) is 11.7. The van der Waals surface area contributed by atoms with Crippen molar-refractivity contribution < 1.29 is 9.47 Å². The first kappa shape index (κ1) is 15.0. The predicted octanol–water partition coefficient (Wildman–Crippen LogP) is 2.50. The summed E-state index contributed by atoms with van der Waals surface area (Å²) < 4.78 is 10.6. The lowest BCUT2D eigenvalue weighted by Crippen LogP contribution is -2.22. The van der Waals surface area contributed by atoms with Crippen LogP contribution >= 0.6 is 0 Å². The van der Waals surface area contributed by atoms with Crippen LogP contribution in [0.15, 0.2) is 24.3 Å². The molecule has 0 aliphatic heterocycles. The Kier molecular flexibility index (Phi) is 7.46. The summed E-state index contributed by atoms with van der Waals surface area (Å²) in [5.41, 5.74) is 1.33. The first-order valence-electron chi connectivity index (χ1n) is 6.63. The normalized spacial score (nSPS) is 10.9. The smallest absolute Gasteiger partial charge is 0.118 e. The molecule has 3 heteroatoms. The zero-order valence-electron chi connectivity index (χ0n) is 11.7. The van der Waals surface area contributed by atoms with Crippen molar-refractivity contribution in [2.45, 2.75) is 20.3 Å². The molecule has 0 saturated carbocycles. The summed E-state index contributed by atoms with van der Waals surface area (Å²) in [6.45, 7) is 7.87. The van der Waals surface area contributed by atoms with Crippen molar-refractivity contribution >= 4 is 0 Å². The molecule has 1 aromatic rings. The molecule has 102 valence electrons. The molecule has 0 spiro atoms. The van der Waals surface area contributed by atoms with Crippen LogP contribution in [0.25, 0.3) is 0 Å². The van der Waals surface area contributed by atoms with Crippen LogP contribution in [0.2, 0.25) is 0 Å². The molecular weight excluding hydrogens is 226 g/mol. The van der Waals surface area contributed by atoms with Crippen LogP contribution in [0.3, 0.4) is 0 Å². The zero-order chi connectivity index (χ0) is 13.2. The van der Waals surface area contributed by atoms with Gasteiger partial charge in [-0.15, -0.1) is 0 Å². The van der Waals surface area contributed by atoms with Crippen molar-refractivity contribution in [1.29, 1.82) is 0 Å². The van der Waals surface area contributed by atoms with Gasteiger partial charge in [0.1, 0.15) is 5.75 Å². The first-order valence-corrected chi connectivity index (χ1v) is 6.63. The van der Waals surface area contributed by atoms with Crippen molar-refractivity contribution in [2.75, 3.05) is 33.4 Å². The molecule has 0 amide bonds. The van der Waals surface area contributed by atoms with Gasteiger partial charge >= 0.3 is 0 Å². The van der Waals surface area contributed by atoms with Gasteiger partial charge in [-0.25, -0.2) is 0 Å². The van der Waals surface area contributed by atoms with E-state index in [0.717, 1.165) is 38.5 Å². The van der Waals surface area contributed by atoms with Gasteiger partial charge in [-0.2, -0.15) is 0 Å². The standard InChI is InChI=1S/C15H25NO2/c1-13(2)12-18-11-10-16-9-8-14-4-6-15(17-3)7-5-14/h4-7,13,16H,8-12H2,1-3H3. The third-order valence-electron chi connectivity index (χ3n) is 2.62. The lowest BCUT2D eigenvalue weighted by molar-refractivity contribution is 0.112. The summed E-state index contributed by atoms with van der Waals surface area (Å²) in [6.07, 6.45) is 1.04. The van der Waals surface area contributed by atoms with Crippen molar-refractivity contribution in [2.24, 2.45) is 5.92 Å². The van der Waals surface area contributed by atoms with Crippen LogP contribution in [-0.2, 0) is 11.2 Å². The Balaban J connectivity index is 2.03. The monoisotopic (exact) mass is 251 g/mol. The predicted molar refractivity (Wildman–Crippen MR) is 75.2 cm³/mol. The lowest BCUT2D eigenvalue weighted by atomic mass is 10.1. The van der Waals surface area contributed by atoms with Crippen molar-refractivity contribution in [3.05, 3.63) is 29.8 Å². The number of nitrogens with one attached hydrogen (secondary N) is 1. The number of methoxy groups -OCH3 is 1. The van der Waals surface area contributed by atoms with Gasteiger partial charge in [0, 0.05) is 13.2 Å². The molecule has 1 aromatic carbocycles. The minimum Gasteiger partial charge on any atom is -0.497 e. The fraction of sp³-hybridized carbons (Fsp3) is 0.600. The highest BCUT2D eigenvalue weighted by Gasteiger charge is 1.96. The molecule has 1 rings (SSSR count). The molecule has 0 saturated heterocycles. The lowest BCUT2D eigenvalue weighted by Gasteiger charge is -2.08. The summed E-state index contributed by atoms with van der Waals surface area (Å²) in [5.74, 6) is 1.53. The highest BCUT2D eigenvalue weighted by molar-refractivity contribution is 5.27. The summed E-state index contributed by atoms with van der Waals surface area (Å²) in [4.78, 5) is 0. The van der Waals surface area contributed by atoms with Gasteiger partial charge in [0.25, 0.3) is 0 Å². The van der Waals surface area contributed by atoms with Gasteiger partial charge in [0.2, 0.25) is 0 Å². The maximum Gasteiger partial charge on any atom is 0.118 e. The van der Waals surface area contributed by atoms with E-state index in [0.29, 0.717) is 5.92 Å². The van der Waals surface area contributed by atoms with Gasteiger partial charge in [-0.1, -0.05) is 26.0 Å². The quantitative estimate of drug-likeness (QED) is 0.684. The van der Waals surface area contributed by atoms with Crippen molar-refractivity contribution in [3.8, 4) is 5.75 Å². The van der Waals surface area contributed by atoms with E-state index >= 15 is 0 Å². The number of rotatable bonds is 9. The molecule has 0 radical (unpaired) electrons. The number of benzene rings is 1. The first-order chi connectivity index (χ1) is 8.72. The van der Waals surface area contributed by atoms with E-state index in [1.807, 2.05) is 12.1 Å². The van der Waals surface area contributed by atoms with Crippen LogP contribution < -0.4 is 10.1 Å². The van der Waals surface area contributed by atoms with Gasteiger partial charge in [-0.3, -0.25) is 0 Å². The third-order valence-corrected chi connectivity index (χ3v) is 2.62. The van der Waals surface area contributed by atoms with E-state index in [4.69, 9.17) is 9.47 Å². The largest absolute Gasteiger partial charge is 0.497 e. The minimum atomic E-state index is 0.615. The van der Waals surface area contributed by atoms with E-state index in [-0.39, 0.29) is 0 Å². The summed E-state index contributed by atoms with van der Waals surface area (Å²) in [5, 5.41) is 3.38. The average molecular weight is 251 g/mol. The van der Waals surface area contributed by atoms with E-state index in [1.165, 1.54) is 5.56 Å². The minimum absolute atomic E-state index is 0.615. The molecule has 0 unspecified atom stereocenters. The molecular formula is C15H25NO2. The van der Waals surface area contributed by atoms with Crippen LogP contribution in [0.5, 0.6) is 5.75 Å². The highest BCUT2D eigenvalue weighted by Crippen LogP contribution is 2.11. The fourth-order valence-corrected chi connectivity index (χ4v) is 1.61. The Bertz CT molecular complexity index is 309. The second-order valence-electron chi connectivity index (χ2n) is 4.82. The molecule has 0 aliphatic carbocycles. The molecule has 0 aliphatic rings. The van der Waals surface area contributed by atoms with Gasteiger partial charge < -0.3 is 14.8 Å². The number of ether oxygens (including phenoxy) is 2. The van der Waals surface area contributed by atoms with E-state index in [2.05, 4.69) is 31.3 Å². The topological polar surface area (TPSA) is 30.5 Å². The SMILES string of the molecule is COc1ccc(CCNCCOCC(C)C)cc1. The molecule has 1 N–H and O–H groups in total. The van der Waals surface area contributed by atoms with Crippen LogP contribution in [-0.4, -0.2) is 33.4 Å². The summed E-state index contributed by atoms with van der Waals surface area (Å²) in [7, 11) is 1.69. The average Bonchev–Trinajstić information content (AvgIpc) is 2.38. The Labute approximate surface area is 110 Å². The number of hydrogen-bond acceptors (Lipinski definition) is 3. The van der Waals surface area contributed by atoms with E-state index in [1.54, 1.807) is 7.11 Å². The highest BCUT2D eigenvalue weighted by atomic mass is 16.5. The maximum atomic E-state index is 5.50. The van der Waals surface area contributed by atoms with Gasteiger partial charge in [0.05, 0.1) is 13.7 Å². The Hall–Kier alpha value is -1.06. The van der Waals surface area contributed by atoms with Crippen LogP contribution in [0.4, 0.5) is 0 Å². The van der Waals surface area contributed by atoms with Gasteiger partial charge in [0.15, 0.2) is 0 Å². The van der Waals surface area contributed by atoms with Crippen molar-refractivity contribution in [1.82, 2.24) is 5.32 Å². The molecule has 3 nitrogen and oxygen atoms in total. The molecule has 0 bridgehead atoms. The molecule has 0 atom stereocenters. The number of hydrogen-bond donors (Lipinski definition) is 1. The summed E-state index contributed by atoms with van der Waals surface area (Å²) in [6, 6.07) is 8.22. The summed E-state index contributed by atoms with van der Waals surface area (Å²) >= 11 is 0. The van der Waals surface area contributed by atoms with Crippen LogP contribution in [0.1, 0.15) is 19.4 Å². The maximum absolute atomic E-state index is 5.50. The Morgan fingerprint density at radius 3 is 2.44 bits per heavy atom. The third kappa shape index (κ3) is 6.62. The Morgan fingerprint density at radius 1 is 1.11 bits per heavy atom. The van der Waals surface area contributed by atoms with Crippen molar-refractivity contribution in [3.63, 3.8) is 0 Å². The molecule has 0 fully saturated rings. The fourth-order valence-electron chi connectivity index (χ4n) is 1.61.